The molecule has 8 heteroatoms. The second-order valence-electron chi connectivity index (χ2n) is 8.65. The van der Waals surface area contributed by atoms with Crippen LogP contribution in [0.4, 0.5) is 0 Å². The van der Waals surface area contributed by atoms with Gasteiger partial charge in [-0.15, -0.1) is 0 Å². The van der Waals surface area contributed by atoms with Gasteiger partial charge in [0.2, 0.25) is 0 Å². The van der Waals surface area contributed by atoms with E-state index in [1.165, 1.54) is 0 Å². The average Bonchev–Trinajstić information content (AvgIpc) is 3.30. The number of amides is 1. The van der Waals surface area contributed by atoms with Crippen molar-refractivity contribution in [2.45, 2.75) is 51.2 Å². The number of carboxylic acid groups (broad SMARTS) is 1. The molecular weight excluding hydrogens is 348 g/mol. The summed E-state index contributed by atoms with van der Waals surface area (Å²) in [7, 11) is 1.74. The lowest BCUT2D eigenvalue weighted by Crippen LogP contribution is -2.49. The maximum Gasteiger partial charge on any atom is 0.317 e. The molecule has 3 rings (SSSR count). The fourth-order valence-corrected chi connectivity index (χ4v) is 3.53. The van der Waals surface area contributed by atoms with Crippen molar-refractivity contribution in [3.63, 3.8) is 0 Å². The van der Waals surface area contributed by atoms with Gasteiger partial charge in [-0.2, -0.15) is 5.10 Å². The first-order valence-electron chi connectivity index (χ1n) is 9.57. The van der Waals surface area contributed by atoms with E-state index in [-0.39, 0.29) is 24.1 Å². The topological polar surface area (TPSA) is 87.9 Å². The molecule has 1 aromatic rings. The molecule has 2 fully saturated rings. The molecule has 150 valence electrons. The zero-order valence-corrected chi connectivity index (χ0v) is 16.6. The summed E-state index contributed by atoms with van der Waals surface area (Å²) in [6.45, 7) is 8.15. The lowest BCUT2D eigenvalue weighted by atomic mass is 10.1. The highest BCUT2D eigenvalue weighted by Gasteiger charge is 2.34. The predicted molar refractivity (Wildman–Crippen MR) is 100.0 cm³/mol. The first-order chi connectivity index (χ1) is 12.6. The Hall–Kier alpha value is -1.93. The Morgan fingerprint density at radius 1 is 1.37 bits per heavy atom. The number of morpholine rings is 1. The molecule has 1 aliphatic carbocycles. The van der Waals surface area contributed by atoms with Crippen molar-refractivity contribution in [2.24, 2.45) is 0 Å². The van der Waals surface area contributed by atoms with E-state index < -0.39 is 5.97 Å². The molecule has 1 aliphatic heterocycles. The van der Waals surface area contributed by atoms with Crippen molar-refractivity contribution in [2.75, 3.05) is 39.8 Å². The van der Waals surface area contributed by atoms with E-state index in [0.717, 1.165) is 18.5 Å². The van der Waals surface area contributed by atoms with Crippen LogP contribution in [0, 0.1) is 0 Å². The van der Waals surface area contributed by atoms with E-state index in [2.05, 4.69) is 25.9 Å². The van der Waals surface area contributed by atoms with E-state index in [0.29, 0.717) is 37.9 Å². The second kappa shape index (κ2) is 7.59. The summed E-state index contributed by atoms with van der Waals surface area (Å²) < 4.78 is 7.72. The number of hydrogen-bond acceptors (Lipinski definition) is 5. The van der Waals surface area contributed by atoms with Crippen LogP contribution in [0.25, 0.3) is 0 Å². The Bertz CT molecular complexity index is 705. The standard InChI is InChI=1S/C19H30N4O4/c1-19(2,3)23-16(13-5-6-13)9-15(20-23)18(26)22-7-8-27-14(11-22)10-21(4)12-17(24)25/h9,13-14H,5-8,10-12H2,1-4H3,(H,24,25). The molecule has 1 aromatic heterocycles. The van der Waals surface area contributed by atoms with Crippen LogP contribution in [0.15, 0.2) is 6.07 Å². The zero-order chi connectivity index (χ0) is 19.8. The molecule has 2 heterocycles. The fraction of sp³-hybridized carbons (Fsp3) is 0.737. The Labute approximate surface area is 160 Å². The summed E-state index contributed by atoms with van der Waals surface area (Å²) in [6.07, 6.45) is 2.12. The lowest BCUT2D eigenvalue weighted by Gasteiger charge is -2.34. The molecule has 1 amide bonds. The van der Waals surface area contributed by atoms with Crippen molar-refractivity contribution in [3.8, 4) is 0 Å². The highest BCUT2D eigenvalue weighted by molar-refractivity contribution is 5.92. The molecule has 1 saturated carbocycles. The number of carboxylic acids is 1. The zero-order valence-electron chi connectivity index (χ0n) is 16.6. The summed E-state index contributed by atoms with van der Waals surface area (Å²) in [5.74, 6) is -0.434. The van der Waals surface area contributed by atoms with E-state index in [9.17, 15) is 9.59 Å². The molecule has 1 N–H and O–H groups in total. The Balaban J connectivity index is 1.69. The van der Waals surface area contributed by atoms with Crippen molar-refractivity contribution in [1.82, 2.24) is 19.6 Å². The van der Waals surface area contributed by atoms with E-state index in [1.807, 2.05) is 10.7 Å². The van der Waals surface area contributed by atoms with Crippen molar-refractivity contribution in [1.29, 1.82) is 0 Å². The Kier molecular flexibility index (Phi) is 5.58. The summed E-state index contributed by atoms with van der Waals surface area (Å²) in [6, 6.07) is 1.95. The van der Waals surface area contributed by atoms with Gasteiger partial charge in [-0.1, -0.05) is 0 Å². The van der Waals surface area contributed by atoms with Crippen LogP contribution in [-0.2, 0) is 15.1 Å². The Morgan fingerprint density at radius 3 is 2.67 bits per heavy atom. The normalized spacial score (nSPS) is 20.9. The number of aliphatic carboxylic acids is 1. The smallest absolute Gasteiger partial charge is 0.317 e. The number of aromatic nitrogens is 2. The fourth-order valence-electron chi connectivity index (χ4n) is 3.53. The minimum absolute atomic E-state index is 0.0471. The molecule has 27 heavy (non-hydrogen) atoms. The van der Waals surface area contributed by atoms with Crippen molar-refractivity contribution >= 4 is 11.9 Å². The van der Waals surface area contributed by atoms with Gasteiger partial charge in [0, 0.05) is 31.2 Å². The van der Waals surface area contributed by atoms with E-state index >= 15 is 0 Å². The SMILES string of the molecule is CN(CC(=O)O)CC1CN(C(=O)c2cc(C3CC3)n(C(C)(C)C)n2)CCO1. The maximum atomic E-state index is 13.0. The van der Waals surface area contributed by atoms with Gasteiger partial charge in [-0.3, -0.25) is 19.2 Å². The van der Waals surface area contributed by atoms with E-state index in [4.69, 9.17) is 9.84 Å². The molecule has 2 aliphatic rings. The van der Waals surface area contributed by atoms with Crippen LogP contribution in [0.3, 0.4) is 0 Å². The molecule has 0 bridgehead atoms. The van der Waals surface area contributed by atoms with Gasteiger partial charge in [0.25, 0.3) is 5.91 Å². The number of rotatable bonds is 6. The van der Waals surface area contributed by atoms with Crippen LogP contribution in [0.2, 0.25) is 0 Å². The average molecular weight is 378 g/mol. The minimum atomic E-state index is -0.874. The summed E-state index contributed by atoms with van der Waals surface area (Å²) >= 11 is 0. The van der Waals surface area contributed by atoms with Crippen LogP contribution in [0.1, 0.15) is 55.7 Å². The van der Waals surface area contributed by atoms with Crippen LogP contribution in [0.5, 0.6) is 0 Å². The van der Waals surface area contributed by atoms with Gasteiger partial charge in [0.05, 0.1) is 24.8 Å². The minimum Gasteiger partial charge on any atom is -0.480 e. The quantitative estimate of drug-likeness (QED) is 0.804. The highest BCUT2D eigenvalue weighted by Crippen LogP contribution is 2.41. The third-order valence-electron chi connectivity index (χ3n) is 4.93. The Morgan fingerprint density at radius 2 is 2.07 bits per heavy atom. The van der Waals surface area contributed by atoms with Crippen molar-refractivity contribution < 1.29 is 19.4 Å². The van der Waals surface area contributed by atoms with Crippen LogP contribution in [-0.4, -0.2) is 82.5 Å². The molecule has 1 unspecified atom stereocenters. The summed E-state index contributed by atoms with van der Waals surface area (Å²) in [4.78, 5) is 27.3. The molecule has 0 spiro atoms. The van der Waals surface area contributed by atoms with Gasteiger partial charge < -0.3 is 14.7 Å². The monoisotopic (exact) mass is 378 g/mol. The molecule has 0 aromatic carbocycles. The molecule has 1 atom stereocenters. The maximum absolute atomic E-state index is 13.0. The molecule has 0 radical (unpaired) electrons. The number of hydrogen-bond donors (Lipinski definition) is 1. The number of likely N-dealkylation sites (N-methyl/N-ethyl adjacent to an activating group) is 1. The second-order valence-corrected chi connectivity index (χ2v) is 8.65. The third kappa shape index (κ3) is 4.87. The highest BCUT2D eigenvalue weighted by atomic mass is 16.5. The van der Waals surface area contributed by atoms with Crippen LogP contribution < -0.4 is 0 Å². The summed E-state index contributed by atoms with van der Waals surface area (Å²) in [5.41, 5.74) is 1.48. The van der Waals surface area contributed by atoms with Crippen LogP contribution >= 0.6 is 0 Å². The lowest BCUT2D eigenvalue weighted by molar-refractivity contribution is -0.138. The first kappa shape index (κ1) is 19.8. The number of nitrogens with zero attached hydrogens (tertiary/aromatic N) is 4. The first-order valence-corrected chi connectivity index (χ1v) is 9.57. The van der Waals surface area contributed by atoms with Gasteiger partial charge >= 0.3 is 5.97 Å². The number of ether oxygens (including phenoxy) is 1. The largest absolute Gasteiger partial charge is 0.480 e. The molecule has 1 saturated heterocycles. The molecular formula is C19H30N4O4. The molecule has 8 nitrogen and oxygen atoms in total. The number of carbonyl (C=O) groups is 2. The predicted octanol–water partition coefficient (Wildman–Crippen LogP) is 1.37. The van der Waals surface area contributed by atoms with Gasteiger partial charge in [-0.05, 0) is 46.7 Å². The number of carbonyl (C=O) groups excluding carboxylic acids is 1. The van der Waals surface area contributed by atoms with Gasteiger partial charge in [0.15, 0.2) is 5.69 Å². The summed E-state index contributed by atoms with van der Waals surface area (Å²) in [5, 5.41) is 13.5. The van der Waals surface area contributed by atoms with E-state index in [1.54, 1.807) is 16.8 Å². The third-order valence-corrected chi connectivity index (χ3v) is 4.93. The van der Waals surface area contributed by atoms with Gasteiger partial charge in [-0.25, -0.2) is 0 Å². The van der Waals surface area contributed by atoms with Gasteiger partial charge in [0.1, 0.15) is 0 Å². The van der Waals surface area contributed by atoms with Crippen molar-refractivity contribution in [3.05, 3.63) is 17.5 Å².